The minimum Gasteiger partial charge on any atom is -0.469 e. The maximum Gasteiger partial charge on any atom is 0.308 e. The number of esters is 1. The van der Waals surface area contributed by atoms with Gasteiger partial charge in [0, 0.05) is 19.4 Å². The highest BCUT2D eigenvalue weighted by Crippen LogP contribution is 2.37. The topological polar surface area (TPSA) is 153 Å². The molecule has 0 spiro atoms. The molecule has 11 nitrogen and oxygen atoms in total. The van der Waals surface area contributed by atoms with E-state index in [2.05, 4.69) is 33.9 Å². The molecular formula is C32H62O11Si. The first kappa shape index (κ1) is 39.5. The summed E-state index contributed by atoms with van der Waals surface area (Å²) < 4.78 is 35.0. The van der Waals surface area contributed by atoms with Crippen molar-refractivity contribution in [1.29, 1.82) is 0 Å². The van der Waals surface area contributed by atoms with Gasteiger partial charge in [0.15, 0.2) is 19.9 Å². The molecule has 0 saturated carbocycles. The highest BCUT2D eigenvalue weighted by atomic mass is 28.4. The molecule has 260 valence electrons. The number of rotatable bonds is 16. The summed E-state index contributed by atoms with van der Waals surface area (Å²) in [6.45, 7) is 19.0. The van der Waals surface area contributed by atoms with E-state index in [0.717, 1.165) is 6.42 Å². The third-order valence-corrected chi connectivity index (χ3v) is 13.4. The number of hydrogen-bond acceptors (Lipinski definition) is 11. The van der Waals surface area contributed by atoms with Crippen LogP contribution in [0.1, 0.15) is 106 Å². The van der Waals surface area contributed by atoms with Crippen LogP contribution in [-0.4, -0.2) is 109 Å². The van der Waals surface area contributed by atoms with Gasteiger partial charge in [-0.1, -0.05) is 20.8 Å². The van der Waals surface area contributed by atoms with E-state index in [1.807, 2.05) is 13.8 Å². The van der Waals surface area contributed by atoms with Crippen molar-refractivity contribution in [2.45, 2.75) is 185 Å². The zero-order valence-corrected chi connectivity index (χ0v) is 29.8. The van der Waals surface area contributed by atoms with Crippen molar-refractivity contribution in [1.82, 2.24) is 0 Å². The second-order valence-electron chi connectivity index (χ2n) is 15.2. The SMILES string of the molecule is COC(=O)C[C@H]1C[C@@H](C[C@@H](O)C[C@@H](O)C[C@H](O)C[C@@H](O)C[C@@H]2C[C@H](CCO[Si](C)(C)C(C)(C)C)OC(C)(C)O2)OC(C)(C)O1. The van der Waals surface area contributed by atoms with E-state index in [0.29, 0.717) is 25.9 Å². The van der Waals surface area contributed by atoms with E-state index in [9.17, 15) is 25.2 Å². The van der Waals surface area contributed by atoms with Crippen LogP contribution in [0.5, 0.6) is 0 Å². The number of carbonyl (C=O) groups excluding carboxylic acids is 1. The minimum absolute atomic E-state index is 0.0206. The molecule has 4 N–H and O–H groups in total. The highest BCUT2D eigenvalue weighted by Gasteiger charge is 2.40. The smallest absolute Gasteiger partial charge is 0.308 e. The van der Waals surface area contributed by atoms with Crippen molar-refractivity contribution in [3.8, 4) is 0 Å². The maximum absolute atomic E-state index is 11.7. The van der Waals surface area contributed by atoms with Gasteiger partial charge in [-0.05, 0) is 84.4 Å². The summed E-state index contributed by atoms with van der Waals surface area (Å²) >= 11 is 0. The summed E-state index contributed by atoms with van der Waals surface area (Å²) in [5.74, 6) is -2.09. The Kier molecular flexibility index (Phi) is 14.8. The van der Waals surface area contributed by atoms with Gasteiger partial charge >= 0.3 is 5.97 Å². The Morgan fingerprint density at radius 2 is 1.18 bits per heavy atom. The summed E-state index contributed by atoms with van der Waals surface area (Å²) in [6, 6.07) is 0. The Balaban J connectivity index is 1.78. The van der Waals surface area contributed by atoms with Crippen LogP contribution in [0.15, 0.2) is 0 Å². The van der Waals surface area contributed by atoms with E-state index in [1.54, 1.807) is 13.8 Å². The van der Waals surface area contributed by atoms with Gasteiger partial charge in [-0.15, -0.1) is 0 Å². The van der Waals surface area contributed by atoms with Gasteiger partial charge in [-0.2, -0.15) is 0 Å². The lowest BCUT2D eigenvalue weighted by molar-refractivity contribution is -0.304. The van der Waals surface area contributed by atoms with Gasteiger partial charge < -0.3 is 48.5 Å². The van der Waals surface area contributed by atoms with Crippen molar-refractivity contribution in [2.24, 2.45) is 0 Å². The average Bonchev–Trinajstić information content (AvgIpc) is 2.80. The lowest BCUT2D eigenvalue weighted by Gasteiger charge is -2.42. The molecule has 0 aromatic carbocycles. The second kappa shape index (κ2) is 16.4. The fraction of sp³-hybridized carbons (Fsp3) is 0.969. The average molecular weight is 651 g/mol. The number of carbonyl (C=O) groups is 1. The molecular weight excluding hydrogens is 588 g/mol. The van der Waals surface area contributed by atoms with E-state index >= 15 is 0 Å². The first-order chi connectivity index (χ1) is 20.1. The Bertz CT molecular complexity index is 875. The molecule has 0 aromatic rings. The molecule has 0 amide bonds. The van der Waals surface area contributed by atoms with Gasteiger partial charge in [0.2, 0.25) is 0 Å². The monoisotopic (exact) mass is 650 g/mol. The van der Waals surface area contributed by atoms with E-state index in [1.165, 1.54) is 7.11 Å². The first-order valence-corrected chi connectivity index (χ1v) is 19.1. The van der Waals surface area contributed by atoms with Crippen LogP contribution in [0.2, 0.25) is 18.1 Å². The van der Waals surface area contributed by atoms with Crippen molar-refractivity contribution in [3.05, 3.63) is 0 Å². The summed E-state index contributed by atoms with van der Waals surface area (Å²) in [5.41, 5.74) is 0. The zero-order valence-electron chi connectivity index (χ0n) is 28.8. The standard InChI is InChI=1S/C32H62O11Si/c1-30(2,3)44(9,10)39-12-11-25-18-26(41-31(4,5)40-25)16-23(35)14-21(33)13-22(34)15-24(36)17-27-19-28(20-29(37)38-8)43-32(6,7)42-27/h21-28,33-36H,11-20H2,1-10H3/t21-,22-,23+,24-,25-,26+,27+,28+/m0/s1. The quantitative estimate of drug-likeness (QED) is 0.141. The molecule has 0 aromatic heterocycles. The molecule has 2 fully saturated rings. The molecule has 0 bridgehead atoms. The predicted octanol–water partition coefficient (Wildman–Crippen LogP) is 4.18. The molecule has 0 radical (unpaired) electrons. The van der Waals surface area contributed by atoms with Gasteiger partial charge in [-0.25, -0.2) is 0 Å². The minimum atomic E-state index is -1.86. The lowest BCUT2D eigenvalue weighted by atomic mass is 9.94. The van der Waals surface area contributed by atoms with Crippen molar-refractivity contribution >= 4 is 14.3 Å². The van der Waals surface area contributed by atoms with E-state index in [4.69, 9.17) is 28.1 Å². The summed E-state index contributed by atoms with van der Waals surface area (Å²) in [6.07, 6.45) is -2.07. The molecule has 2 aliphatic rings. The third-order valence-electron chi connectivity index (χ3n) is 8.89. The van der Waals surface area contributed by atoms with Crippen LogP contribution in [0.25, 0.3) is 0 Å². The van der Waals surface area contributed by atoms with E-state index in [-0.39, 0.29) is 61.4 Å². The summed E-state index contributed by atoms with van der Waals surface area (Å²) in [5, 5.41) is 42.7. The predicted molar refractivity (Wildman–Crippen MR) is 168 cm³/mol. The van der Waals surface area contributed by atoms with Crippen LogP contribution < -0.4 is 0 Å². The number of aliphatic hydroxyl groups excluding tert-OH is 4. The van der Waals surface area contributed by atoms with Crippen molar-refractivity contribution in [2.75, 3.05) is 13.7 Å². The van der Waals surface area contributed by atoms with Crippen LogP contribution in [-0.2, 0) is 32.9 Å². The fourth-order valence-electron chi connectivity index (χ4n) is 5.90. The van der Waals surface area contributed by atoms with Gasteiger partial charge in [0.05, 0.1) is 62.4 Å². The number of methoxy groups -OCH3 is 1. The third kappa shape index (κ3) is 14.0. The first-order valence-electron chi connectivity index (χ1n) is 16.2. The molecule has 8 atom stereocenters. The van der Waals surface area contributed by atoms with Gasteiger partial charge in [0.1, 0.15) is 0 Å². The van der Waals surface area contributed by atoms with Crippen LogP contribution in [0, 0.1) is 0 Å². The Labute approximate surface area is 266 Å². The Hall–Kier alpha value is -0.673. The molecule has 2 rings (SSSR count). The van der Waals surface area contributed by atoms with Crippen LogP contribution in [0.4, 0.5) is 0 Å². The van der Waals surface area contributed by atoms with E-state index < -0.39 is 50.4 Å². The molecule has 2 aliphatic heterocycles. The van der Waals surface area contributed by atoms with Crippen molar-refractivity contribution in [3.63, 3.8) is 0 Å². The van der Waals surface area contributed by atoms with Gasteiger partial charge in [-0.3, -0.25) is 4.79 Å². The fourth-order valence-corrected chi connectivity index (χ4v) is 6.96. The molecule has 0 aliphatic carbocycles. The molecule has 44 heavy (non-hydrogen) atoms. The second-order valence-corrected chi connectivity index (χ2v) is 20.0. The normalized spacial score (nSPS) is 28.6. The van der Waals surface area contributed by atoms with Crippen LogP contribution in [0.3, 0.4) is 0 Å². The highest BCUT2D eigenvalue weighted by molar-refractivity contribution is 6.74. The number of aliphatic hydroxyl groups is 4. The molecule has 2 saturated heterocycles. The molecule has 12 heteroatoms. The zero-order chi connectivity index (χ0) is 33.5. The lowest BCUT2D eigenvalue weighted by Crippen LogP contribution is -2.47. The largest absolute Gasteiger partial charge is 0.469 e. The Morgan fingerprint density at radius 3 is 1.64 bits per heavy atom. The van der Waals surface area contributed by atoms with Crippen molar-refractivity contribution < 1.29 is 53.3 Å². The van der Waals surface area contributed by atoms with Gasteiger partial charge in [0.25, 0.3) is 0 Å². The molecule has 0 unspecified atom stereocenters. The molecule has 2 heterocycles. The summed E-state index contributed by atoms with van der Waals surface area (Å²) in [4.78, 5) is 11.7. The number of ether oxygens (including phenoxy) is 5. The summed E-state index contributed by atoms with van der Waals surface area (Å²) in [7, 11) is -0.530. The van der Waals surface area contributed by atoms with Crippen LogP contribution >= 0.6 is 0 Å². The Morgan fingerprint density at radius 1 is 0.773 bits per heavy atom. The maximum atomic E-state index is 11.7. The number of hydrogen-bond donors (Lipinski definition) is 4.